The Morgan fingerprint density at radius 3 is 2.90 bits per heavy atom. The summed E-state index contributed by atoms with van der Waals surface area (Å²) in [4.78, 5) is 15.9. The first-order chi connectivity index (χ1) is 20.3. The summed E-state index contributed by atoms with van der Waals surface area (Å²) in [7, 11) is 1.71. The second kappa shape index (κ2) is 12.8. The molecule has 2 bridgehead atoms. The lowest BCUT2D eigenvalue weighted by Crippen LogP contribution is -2.49. The number of carbonyl (C=O) groups excluding carboxylic acids is 1. The Hall–Kier alpha value is -2.19. The minimum atomic E-state index is -0.454. The molecule has 226 valence electrons. The Bertz CT molecular complexity index is 1320. The summed E-state index contributed by atoms with van der Waals surface area (Å²) in [5.74, 6) is 1.61. The number of methoxy groups -OCH3 is 1. The van der Waals surface area contributed by atoms with Crippen LogP contribution in [0, 0.1) is 17.8 Å². The van der Waals surface area contributed by atoms with E-state index in [0.29, 0.717) is 24.7 Å². The van der Waals surface area contributed by atoms with E-state index in [1.165, 1.54) is 23.1 Å². The van der Waals surface area contributed by atoms with Crippen LogP contribution in [-0.4, -0.2) is 55.8 Å². The highest BCUT2D eigenvalue weighted by atomic mass is 35.5. The van der Waals surface area contributed by atoms with E-state index >= 15 is 0 Å². The Labute approximate surface area is 259 Å². The predicted octanol–water partition coefficient (Wildman–Crippen LogP) is 6.58. The number of aryl methyl sites for hydroxylation is 1. The van der Waals surface area contributed by atoms with Crippen molar-refractivity contribution >= 4 is 35.1 Å². The second-order valence-electron chi connectivity index (χ2n) is 12.8. The van der Waals surface area contributed by atoms with Crippen molar-refractivity contribution in [3.05, 3.63) is 70.3 Å². The maximum atomic E-state index is 13.5. The molecule has 2 aromatic carbocycles. The number of nitrogens with one attached hydrogen (secondary N) is 1. The number of allylic oxidation sites excluding steroid dienone is 1. The fraction of sp³-hybridized carbons (Fsp3) is 0.559. The molecule has 8 heteroatoms. The third-order valence-electron chi connectivity index (χ3n) is 9.90. The number of fused-ring (bicyclic) bond motifs is 4. The number of amides is 1. The highest BCUT2D eigenvalue weighted by molar-refractivity contribution is 7.98. The number of halogens is 1. The number of anilines is 1. The summed E-state index contributed by atoms with van der Waals surface area (Å²) in [5, 5.41) is 12.2. The van der Waals surface area contributed by atoms with Gasteiger partial charge in [0.15, 0.2) is 0 Å². The number of ether oxygens (including phenoxy) is 2. The van der Waals surface area contributed by atoms with Crippen LogP contribution in [0.4, 0.5) is 5.69 Å². The smallest absolute Gasteiger partial charge is 0.261 e. The maximum Gasteiger partial charge on any atom is 0.261 e. The molecule has 6 atom stereocenters. The Balaban J connectivity index is 1.36. The van der Waals surface area contributed by atoms with Crippen LogP contribution in [0.15, 0.2) is 48.6 Å². The van der Waals surface area contributed by atoms with E-state index < -0.39 is 6.10 Å². The van der Waals surface area contributed by atoms with Gasteiger partial charge >= 0.3 is 0 Å². The fourth-order valence-corrected chi connectivity index (χ4v) is 8.62. The normalized spacial score (nSPS) is 32.0. The number of rotatable bonds is 3. The molecule has 1 amide bonds. The molecule has 6 rings (SSSR count). The predicted molar refractivity (Wildman–Crippen MR) is 171 cm³/mol. The van der Waals surface area contributed by atoms with Gasteiger partial charge in [0.25, 0.3) is 5.91 Å². The average molecular weight is 611 g/mol. The van der Waals surface area contributed by atoms with Crippen molar-refractivity contribution in [2.75, 3.05) is 38.3 Å². The van der Waals surface area contributed by atoms with Crippen molar-refractivity contribution in [2.24, 2.45) is 17.8 Å². The van der Waals surface area contributed by atoms with Crippen LogP contribution >= 0.6 is 23.5 Å². The molecule has 42 heavy (non-hydrogen) atoms. The molecule has 0 unspecified atom stereocenters. The third-order valence-corrected chi connectivity index (χ3v) is 11.2. The summed E-state index contributed by atoms with van der Waals surface area (Å²) in [6.45, 7) is 5.04. The molecule has 2 aliphatic heterocycles. The van der Waals surface area contributed by atoms with E-state index in [9.17, 15) is 9.90 Å². The van der Waals surface area contributed by atoms with Gasteiger partial charge in [-0.3, -0.25) is 9.52 Å². The van der Waals surface area contributed by atoms with Crippen molar-refractivity contribution in [3.8, 4) is 5.75 Å². The Morgan fingerprint density at radius 2 is 2.10 bits per heavy atom. The number of benzene rings is 2. The molecule has 0 saturated heterocycles. The summed E-state index contributed by atoms with van der Waals surface area (Å²) in [5.41, 5.74) is 4.08. The number of nitrogens with zero attached hydrogens (tertiary/aromatic N) is 1. The first-order valence-electron chi connectivity index (χ1n) is 15.5. The van der Waals surface area contributed by atoms with Gasteiger partial charge in [-0.2, -0.15) is 0 Å². The van der Waals surface area contributed by atoms with Gasteiger partial charge in [0.2, 0.25) is 0 Å². The number of hydrogen-bond acceptors (Lipinski definition) is 6. The van der Waals surface area contributed by atoms with Crippen molar-refractivity contribution in [1.29, 1.82) is 0 Å². The zero-order valence-corrected chi connectivity index (χ0v) is 26.3. The van der Waals surface area contributed by atoms with Crippen LogP contribution in [0.5, 0.6) is 5.75 Å². The van der Waals surface area contributed by atoms with Gasteiger partial charge in [-0.05, 0) is 116 Å². The molecule has 1 spiro atoms. The average Bonchev–Trinajstić information content (AvgIpc) is 3.11. The minimum Gasteiger partial charge on any atom is -0.490 e. The van der Waals surface area contributed by atoms with Crippen LogP contribution in [-0.2, 0) is 16.6 Å². The highest BCUT2D eigenvalue weighted by Crippen LogP contribution is 2.46. The van der Waals surface area contributed by atoms with Crippen LogP contribution in [0.2, 0.25) is 5.02 Å². The van der Waals surface area contributed by atoms with Crippen molar-refractivity contribution in [3.63, 3.8) is 0 Å². The van der Waals surface area contributed by atoms with Crippen LogP contribution in [0.25, 0.3) is 0 Å². The van der Waals surface area contributed by atoms with E-state index in [4.69, 9.17) is 21.1 Å². The molecule has 2 heterocycles. The molecule has 0 aromatic heterocycles. The van der Waals surface area contributed by atoms with Gasteiger partial charge in [0, 0.05) is 48.1 Å². The lowest BCUT2D eigenvalue weighted by Gasteiger charge is -2.45. The quantitative estimate of drug-likeness (QED) is 0.302. The van der Waals surface area contributed by atoms with Crippen molar-refractivity contribution in [2.45, 2.75) is 68.6 Å². The zero-order valence-electron chi connectivity index (χ0n) is 24.7. The maximum absolute atomic E-state index is 13.5. The molecule has 1 saturated carbocycles. The Morgan fingerprint density at radius 1 is 1.21 bits per heavy atom. The number of carbonyl (C=O) groups is 1. The van der Waals surface area contributed by atoms with Crippen molar-refractivity contribution < 1.29 is 19.4 Å². The molecule has 0 radical (unpaired) electrons. The number of hydrogen-bond donors (Lipinski definition) is 2. The zero-order chi connectivity index (χ0) is 29.3. The molecule has 4 aliphatic rings. The monoisotopic (exact) mass is 610 g/mol. The van der Waals surface area contributed by atoms with E-state index in [2.05, 4.69) is 34.8 Å². The first kappa shape index (κ1) is 29.9. The first-order valence-corrected chi connectivity index (χ1v) is 16.7. The summed E-state index contributed by atoms with van der Waals surface area (Å²) < 4.78 is 15.1. The Kier molecular flexibility index (Phi) is 9.11. The lowest BCUT2D eigenvalue weighted by molar-refractivity contribution is 0.0454. The van der Waals surface area contributed by atoms with Crippen molar-refractivity contribution in [1.82, 2.24) is 4.72 Å². The fourth-order valence-electron chi connectivity index (χ4n) is 7.42. The largest absolute Gasteiger partial charge is 0.490 e. The van der Waals surface area contributed by atoms with Gasteiger partial charge in [-0.25, -0.2) is 0 Å². The topological polar surface area (TPSA) is 71.0 Å². The summed E-state index contributed by atoms with van der Waals surface area (Å²) in [6, 6.07) is 12.2. The van der Waals surface area contributed by atoms with E-state index in [1.54, 1.807) is 7.11 Å². The molecule has 2 N–H and O–H groups in total. The molecule has 2 aliphatic carbocycles. The van der Waals surface area contributed by atoms with Gasteiger partial charge in [-0.1, -0.05) is 36.7 Å². The molecule has 6 nitrogen and oxygen atoms in total. The van der Waals surface area contributed by atoms with Gasteiger partial charge in [-0.15, -0.1) is 0 Å². The van der Waals surface area contributed by atoms with Gasteiger partial charge < -0.3 is 19.5 Å². The van der Waals surface area contributed by atoms with E-state index in [1.807, 2.05) is 30.3 Å². The molecule has 1 fully saturated rings. The molecular weight excluding hydrogens is 568 g/mol. The van der Waals surface area contributed by atoms with E-state index in [0.717, 1.165) is 74.5 Å². The molecule has 2 aromatic rings. The standard InChI is InChI=1S/C34H43ClN2O4S/c1-22-5-11-31(38)28-9-6-25(28)19-37-20-34(14-3-4-23-17-26(35)8-10-29(23)34)21-41-32-12-7-24(18-30(32)37)33(39)36-42-27(16-22)13-15-40-2/h5,7-8,10-12,17-18,22,25,27-28,31,38H,3-4,6,9,13-16,19-21H2,1-2H3,(H,36,39)/b11-5-/t22-,25+,27-,28-,31+,34+/m1/s1. The minimum absolute atomic E-state index is 0.0889. The number of aliphatic hydroxyl groups excluding tert-OH is 1. The number of aliphatic hydroxyl groups is 1. The van der Waals surface area contributed by atoms with E-state index in [-0.39, 0.29) is 28.4 Å². The van der Waals surface area contributed by atoms with Crippen LogP contribution < -0.4 is 14.4 Å². The van der Waals surface area contributed by atoms with Gasteiger partial charge in [0.1, 0.15) is 5.75 Å². The lowest BCUT2D eigenvalue weighted by atomic mass is 9.68. The highest BCUT2D eigenvalue weighted by Gasteiger charge is 2.44. The van der Waals surface area contributed by atoms with Crippen LogP contribution in [0.3, 0.4) is 0 Å². The van der Waals surface area contributed by atoms with Gasteiger partial charge in [0.05, 0.1) is 18.4 Å². The molecular formula is C34H43ClN2O4S. The third kappa shape index (κ3) is 6.21. The SMILES string of the molecule is COCC[C@@H]1C[C@H](C)/C=C\[C@H](O)[C@@H]2CC[C@H]2CN2C[C@@]3(CCCc4cc(Cl)ccc43)COc3ccc(cc32)C(=O)NS1. The second-order valence-corrected chi connectivity index (χ2v) is 14.4. The summed E-state index contributed by atoms with van der Waals surface area (Å²) in [6.07, 6.45) is 10.7. The summed E-state index contributed by atoms with van der Waals surface area (Å²) >= 11 is 7.90. The van der Waals surface area contributed by atoms with Crippen LogP contribution in [0.1, 0.15) is 66.9 Å².